The van der Waals surface area contributed by atoms with Gasteiger partial charge >= 0.3 is 0 Å². The van der Waals surface area contributed by atoms with Crippen LogP contribution in [0.1, 0.15) is 31.7 Å². The summed E-state index contributed by atoms with van der Waals surface area (Å²) in [6.45, 7) is 2.46. The maximum atomic E-state index is 14.8. The maximum Gasteiger partial charge on any atom is 0.182 e. The van der Waals surface area contributed by atoms with E-state index in [9.17, 15) is 8.78 Å². The van der Waals surface area contributed by atoms with Gasteiger partial charge in [0, 0.05) is 10.8 Å². The minimum Gasteiger partial charge on any atom is -0.490 e. The normalized spacial score (nSPS) is 14.7. The van der Waals surface area contributed by atoms with Crippen molar-refractivity contribution in [2.24, 2.45) is 5.92 Å². The Bertz CT molecular complexity index is 880. The molecule has 4 heteroatoms. The number of rotatable bonds is 5. The first-order valence-corrected chi connectivity index (χ1v) is 8.95. The molecule has 1 fully saturated rings. The zero-order valence-electron chi connectivity index (χ0n) is 13.0. The molecule has 2 aromatic carbocycles. The average Bonchev–Trinajstić information content (AvgIpc) is 3.28. The Labute approximate surface area is 137 Å². The van der Waals surface area contributed by atoms with Crippen molar-refractivity contribution in [2.75, 3.05) is 6.61 Å². The van der Waals surface area contributed by atoms with Gasteiger partial charge in [0.05, 0.1) is 16.0 Å². The number of hydrogen-bond acceptors (Lipinski definition) is 2. The van der Waals surface area contributed by atoms with Gasteiger partial charge in [-0.05, 0) is 49.3 Å². The summed E-state index contributed by atoms with van der Waals surface area (Å²) in [4.78, 5) is 0. The Morgan fingerprint density at radius 2 is 1.74 bits per heavy atom. The second-order valence-corrected chi connectivity index (χ2v) is 7.29. The van der Waals surface area contributed by atoms with E-state index >= 15 is 0 Å². The van der Waals surface area contributed by atoms with Crippen molar-refractivity contribution in [2.45, 2.75) is 32.6 Å². The van der Waals surface area contributed by atoms with Gasteiger partial charge in [-0.1, -0.05) is 19.1 Å². The van der Waals surface area contributed by atoms with Crippen LogP contribution in [-0.2, 0) is 6.42 Å². The molecule has 0 atom stereocenters. The second-order valence-electron chi connectivity index (χ2n) is 6.27. The smallest absolute Gasteiger partial charge is 0.182 e. The van der Waals surface area contributed by atoms with Crippen LogP contribution in [0.25, 0.3) is 20.2 Å². The molecule has 23 heavy (non-hydrogen) atoms. The summed E-state index contributed by atoms with van der Waals surface area (Å²) in [6.07, 6.45) is 4.00. The summed E-state index contributed by atoms with van der Waals surface area (Å²) in [7, 11) is 0. The van der Waals surface area contributed by atoms with Crippen molar-refractivity contribution in [1.82, 2.24) is 0 Å². The van der Waals surface area contributed by atoms with Crippen LogP contribution in [0.15, 0.2) is 24.3 Å². The predicted octanol–water partition coefficient (Wildman–Crippen LogP) is 6.07. The third-order valence-electron chi connectivity index (χ3n) is 4.40. The molecule has 0 bridgehead atoms. The van der Waals surface area contributed by atoms with Crippen LogP contribution in [0.4, 0.5) is 8.78 Å². The minimum absolute atomic E-state index is 0.175. The summed E-state index contributed by atoms with van der Waals surface area (Å²) in [5.74, 6) is 0.331. The van der Waals surface area contributed by atoms with Crippen molar-refractivity contribution in [1.29, 1.82) is 0 Å². The van der Waals surface area contributed by atoms with Crippen LogP contribution in [0.5, 0.6) is 5.75 Å². The first-order valence-electron chi connectivity index (χ1n) is 8.14. The monoisotopic (exact) mass is 332 g/mol. The molecule has 1 heterocycles. The summed E-state index contributed by atoms with van der Waals surface area (Å²) < 4.78 is 35.9. The Balaban J connectivity index is 1.85. The number of halogens is 2. The third kappa shape index (κ3) is 2.59. The van der Waals surface area contributed by atoms with Crippen molar-refractivity contribution in [3.63, 3.8) is 0 Å². The molecule has 0 unspecified atom stereocenters. The van der Waals surface area contributed by atoms with E-state index in [1.54, 1.807) is 6.07 Å². The van der Waals surface area contributed by atoms with E-state index < -0.39 is 0 Å². The van der Waals surface area contributed by atoms with Gasteiger partial charge in [-0.25, -0.2) is 8.78 Å². The van der Waals surface area contributed by atoms with Crippen molar-refractivity contribution >= 4 is 31.5 Å². The highest BCUT2D eigenvalue weighted by Crippen LogP contribution is 2.41. The molecular weight excluding hydrogens is 314 g/mol. The Morgan fingerprint density at radius 3 is 2.43 bits per heavy atom. The van der Waals surface area contributed by atoms with E-state index in [2.05, 4.69) is 0 Å². The van der Waals surface area contributed by atoms with Gasteiger partial charge in [0.1, 0.15) is 5.82 Å². The summed E-state index contributed by atoms with van der Waals surface area (Å²) in [6, 6.07) is 7.28. The zero-order valence-corrected chi connectivity index (χ0v) is 13.8. The van der Waals surface area contributed by atoms with Gasteiger partial charge in [-0.3, -0.25) is 0 Å². The van der Waals surface area contributed by atoms with Crippen LogP contribution < -0.4 is 4.74 Å². The molecule has 0 spiro atoms. The summed E-state index contributed by atoms with van der Waals surface area (Å²) in [5, 5.41) is 1.56. The number of benzene rings is 2. The standard InChI is InChI=1S/C19H18F2OS/c1-2-9-22-15-8-7-14-13-6-5-12(10-11-3-4-11)16(20)18(13)23-19(14)17(15)21/h5-8,11H,2-4,9-10H2,1H3. The lowest BCUT2D eigenvalue weighted by Gasteiger charge is -2.06. The minimum atomic E-state index is -0.375. The van der Waals surface area contributed by atoms with Crippen LogP contribution in [0.3, 0.4) is 0 Å². The first-order chi connectivity index (χ1) is 11.2. The number of ether oxygens (including phenoxy) is 1. The van der Waals surface area contributed by atoms with Gasteiger partial charge in [-0.2, -0.15) is 0 Å². The third-order valence-corrected chi connectivity index (χ3v) is 5.61. The molecule has 1 saturated carbocycles. The Hall–Kier alpha value is -1.68. The van der Waals surface area contributed by atoms with E-state index in [1.165, 1.54) is 24.2 Å². The topological polar surface area (TPSA) is 9.23 Å². The zero-order chi connectivity index (χ0) is 16.0. The van der Waals surface area contributed by atoms with Crippen LogP contribution in [0, 0.1) is 17.6 Å². The molecule has 0 saturated heterocycles. The second kappa shape index (κ2) is 5.75. The molecule has 0 radical (unpaired) electrons. The molecule has 1 aromatic heterocycles. The lowest BCUT2D eigenvalue weighted by Crippen LogP contribution is -1.97. The number of thiophene rings is 1. The van der Waals surface area contributed by atoms with Crippen molar-refractivity contribution in [3.8, 4) is 5.75 Å². The number of hydrogen-bond donors (Lipinski definition) is 0. The summed E-state index contributed by atoms with van der Waals surface area (Å²) >= 11 is 1.19. The highest BCUT2D eigenvalue weighted by Gasteiger charge is 2.24. The molecule has 1 nitrogen and oxygen atoms in total. The van der Waals surface area contributed by atoms with E-state index in [0.717, 1.165) is 29.2 Å². The average molecular weight is 332 g/mol. The molecule has 0 aliphatic heterocycles. The van der Waals surface area contributed by atoms with Gasteiger partial charge < -0.3 is 4.74 Å². The van der Waals surface area contributed by atoms with Gasteiger partial charge in [-0.15, -0.1) is 11.3 Å². The molecule has 0 amide bonds. The largest absolute Gasteiger partial charge is 0.490 e. The highest BCUT2D eigenvalue weighted by molar-refractivity contribution is 7.25. The lowest BCUT2D eigenvalue weighted by molar-refractivity contribution is 0.303. The maximum absolute atomic E-state index is 14.8. The van der Waals surface area contributed by atoms with E-state index in [0.29, 0.717) is 21.9 Å². The molecule has 1 aliphatic carbocycles. The molecular formula is C19H18F2OS. The predicted molar refractivity (Wildman–Crippen MR) is 91.5 cm³/mol. The first kappa shape index (κ1) is 14.9. The van der Waals surface area contributed by atoms with Gasteiger partial charge in [0.2, 0.25) is 0 Å². The van der Waals surface area contributed by atoms with Crippen LogP contribution >= 0.6 is 11.3 Å². The van der Waals surface area contributed by atoms with Gasteiger partial charge in [0.15, 0.2) is 11.6 Å². The molecule has 3 aromatic rings. The fraction of sp³-hybridized carbons (Fsp3) is 0.368. The molecule has 4 rings (SSSR count). The van der Waals surface area contributed by atoms with Crippen molar-refractivity contribution < 1.29 is 13.5 Å². The molecule has 1 aliphatic rings. The van der Waals surface area contributed by atoms with Crippen molar-refractivity contribution in [3.05, 3.63) is 41.5 Å². The highest BCUT2D eigenvalue weighted by atomic mass is 32.1. The van der Waals surface area contributed by atoms with Crippen LogP contribution in [-0.4, -0.2) is 6.61 Å². The molecule has 0 N–H and O–H groups in total. The quantitative estimate of drug-likeness (QED) is 0.550. The lowest BCUT2D eigenvalue weighted by atomic mass is 10.0. The summed E-state index contributed by atoms with van der Waals surface area (Å²) in [5.41, 5.74) is 0.759. The SMILES string of the molecule is CCCOc1ccc2c(sc3c(F)c(CC4CC4)ccc32)c1F. The molecule has 120 valence electrons. The van der Waals surface area contributed by atoms with Gasteiger partial charge in [0.25, 0.3) is 0 Å². The number of fused-ring (bicyclic) bond motifs is 3. The van der Waals surface area contributed by atoms with E-state index in [4.69, 9.17) is 4.74 Å². The fourth-order valence-corrected chi connectivity index (χ4v) is 4.17. The Kier molecular flexibility index (Phi) is 3.72. The van der Waals surface area contributed by atoms with E-state index in [-0.39, 0.29) is 17.4 Å². The fourth-order valence-electron chi connectivity index (χ4n) is 2.97. The Morgan fingerprint density at radius 1 is 1.04 bits per heavy atom. The van der Waals surface area contributed by atoms with Crippen LogP contribution in [0.2, 0.25) is 0 Å². The van der Waals surface area contributed by atoms with E-state index in [1.807, 2.05) is 25.1 Å².